The van der Waals surface area contributed by atoms with Crippen LogP contribution in [0.5, 0.6) is 0 Å². The Morgan fingerprint density at radius 2 is 0.968 bits per heavy atom. The molecule has 2 fully saturated rings. The van der Waals surface area contributed by atoms with Crippen LogP contribution in [-0.4, -0.2) is 12.1 Å². The number of rotatable bonds is 3. The van der Waals surface area contributed by atoms with Crippen LogP contribution in [0.3, 0.4) is 0 Å². The third-order valence-electron chi connectivity index (χ3n) is 7.22. The van der Waals surface area contributed by atoms with Gasteiger partial charge in [-0.15, -0.1) is 0 Å². The van der Waals surface area contributed by atoms with Gasteiger partial charge in [0.2, 0.25) is 0 Å². The van der Waals surface area contributed by atoms with Gasteiger partial charge in [-0.1, -0.05) is 137 Å². The second-order valence-electron chi connectivity index (χ2n) is 9.69. The Bertz CT molecular complexity index is 648. The summed E-state index contributed by atoms with van der Waals surface area (Å²) in [6, 6.07) is 1.33. The largest absolute Gasteiger partial charge is 0.311 e. The lowest BCUT2D eigenvalue weighted by Crippen LogP contribution is -2.43. The minimum absolute atomic E-state index is 0.620. The molecule has 0 aromatic heterocycles. The van der Waals surface area contributed by atoms with Crippen LogP contribution in [-0.2, 0) is 0 Å². The monoisotopic (exact) mass is 419 g/mol. The molecule has 3 aliphatic carbocycles. The van der Waals surface area contributed by atoms with E-state index >= 15 is 0 Å². The molecule has 1 N–H and O–H groups in total. The molecular weight excluding hydrogens is 374 g/mol. The standard InChI is InChI=1S/C30H45N/c1-2-6-10-15-21-27(22-16-11-7-3-1)29-25-19-14-20-26-30(29)31-28-23-17-12-8-4-5-9-13-18-24-28/h1-3,6-7,10-11,15-16,21-22,28-31H,4-5,8-9,12-14,17-20,23-26H2/b2-1-,3-1?,6-2?,7-3-,10-6-,11-7?,15-10?,16-11-,21-15-,22-16?,27-21?,27-22+. The van der Waals surface area contributed by atoms with Gasteiger partial charge < -0.3 is 5.32 Å². The molecule has 3 aliphatic rings. The predicted molar refractivity (Wildman–Crippen MR) is 137 cm³/mol. The maximum Gasteiger partial charge on any atom is 0.0138 e. The van der Waals surface area contributed by atoms with Crippen LogP contribution >= 0.6 is 0 Å². The molecule has 0 aromatic carbocycles. The summed E-state index contributed by atoms with van der Waals surface area (Å²) in [4.78, 5) is 0. The first-order valence-electron chi connectivity index (χ1n) is 13.2. The zero-order valence-corrected chi connectivity index (χ0v) is 19.7. The Balaban J connectivity index is 1.72. The zero-order chi connectivity index (χ0) is 21.4. The fraction of sp³-hybridized carbons (Fsp3) is 0.600. The summed E-state index contributed by atoms with van der Waals surface area (Å²) in [5, 5.41) is 4.23. The fourth-order valence-electron chi connectivity index (χ4n) is 5.45. The molecule has 0 heterocycles. The average molecular weight is 420 g/mol. The number of hydrogen-bond donors (Lipinski definition) is 1. The number of nitrogens with one attached hydrogen (secondary N) is 1. The summed E-state index contributed by atoms with van der Waals surface area (Å²) in [6.07, 6.45) is 45.0. The molecule has 0 spiro atoms. The smallest absolute Gasteiger partial charge is 0.0138 e. The predicted octanol–water partition coefficient (Wildman–Crippen LogP) is 8.53. The molecule has 0 bridgehead atoms. The van der Waals surface area contributed by atoms with Crippen LogP contribution in [0.2, 0.25) is 0 Å². The second-order valence-corrected chi connectivity index (χ2v) is 9.69. The van der Waals surface area contributed by atoms with Crippen molar-refractivity contribution in [3.8, 4) is 0 Å². The van der Waals surface area contributed by atoms with Gasteiger partial charge in [0.25, 0.3) is 0 Å². The van der Waals surface area contributed by atoms with Crippen LogP contribution in [0.25, 0.3) is 0 Å². The van der Waals surface area contributed by atoms with E-state index in [4.69, 9.17) is 0 Å². The van der Waals surface area contributed by atoms with Gasteiger partial charge in [-0.2, -0.15) is 0 Å². The van der Waals surface area contributed by atoms with Crippen molar-refractivity contribution in [1.82, 2.24) is 5.32 Å². The van der Waals surface area contributed by atoms with Crippen molar-refractivity contribution in [2.75, 3.05) is 0 Å². The van der Waals surface area contributed by atoms with Crippen LogP contribution < -0.4 is 5.32 Å². The maximum absolute atomic E-state index is 4.23. The zero-order valence-electron chi connectivity index (χ0n) is 19.7. The lowest BCUT2D eigenvalue weighted by Gasteiger charge is -2.32. The molecule has 2 atom stereocenters. The van der Waals surface area contributed by atoms with Gasteiger partial charge in [0.15, 0.2) is 0 Å². The molecule has 170 valence electrons. The van der Waals surface area contributed by atoms with Gasteiger partial charge in [-0.25, -0.2) is 0 Å². The molecule has 0 amide bonds. The Morgan fingerprint density at radius 1 is 0.484 bits per heavy atom. The van der Waals surface area contributed by atoms with Crippen LogP contribution in [0.4, 0.5) is 0 Å². The molecule has 1 nitrogen and oxygen atoms in total. The number of allylic oxidation sites excluding steroid dienone is 11. The molecule has 31 heavy (non-hydrogen) atoms. The highest BCUT2D eigenvalue weighted by atomic mass is 15.0. The van der Waals surface area contributed by atoms with E-state index < -0.39 is 0 Å². The normalized spacial score (nSPS) is 34.4. The molecule has 1 heteroatoms. The van der Waals surface area contributed by atoms with Crippen molar-refractivity contribution >= 4 is 0 Å². The van der Waals surface area contributed by atoms with E-state index in [1.807, 2.05) is 0 Å². The molecule has 3 rings (SSSR count). The number of hydrogen-bond acceptors (Lipinski definition) is 1. The van der Waals surface area contributed by atoms with E-state index in [1.165, 1.54) is 102 Å². The van der Waals surface area contributed by atoms with Crippen molar-refractivity contribution in [2.24, 2.45) is 5.92 Å². The van der Waals surface area contributed by atoms with E-state index in [1.54, 1.807) is 0 Å². The minimum Gasteiger partial charge on any atom is -0.311 e. The summed E-state index contributed by atoms with van der Waals surface area (Å²) >= 11 is 0. The molecule has 0 aliphatic heterocycles. The summed E-state index contributed by atoms with van der Waals surface area (Å²) < 4.78 is 0. The van der Waals surface area contributed by atoms with Crippen LogP contribution in [0, 0.1) is 5.92 Å². The van der Waals surface area contributed by atoms with E-state index in [0.29, 0.717) is 18.0 Å². The SMILES string of the molecule is C1=C\C=C/C=C\C(C2CCCCCC2NC2CCCCCCCCCC2)=C/C=C\C=C/1. The van der Waals surface area contributed by atoms with E-state index in [2.05, 4.69) is 72.2 Å². The Morgan fingerprint density at radius 3 is 1.65 bits per heavy atom. The first kappa shape index (κ1) is 24.1. The van der Waals surface area contributed by atoms with E-state index in [-0.39, 0.29) is 0 Å². The molecule has 0 radical (unpaired) electrons. The molecule has 2 unspecified atom stereocenters. The van der Waals surface area contributed by atoms with Crippen LogP contribution in [0.1, 0.15) is 96.3 Å². The van der Waals surface area contributed by atoms with Gasteiger partial charge in [-0.05, 0) is 37.2 Å². The highest BCUT2D eigenvalue weighted by Crippen LogP contribution is 2.31. The molecule has 0 saturated heterocycles. The van der Waals surface area contributed by atoms with E-state index in [9.17, 15) is 0 Å². The third kappa shape index (κ3) is 9.60. The second kappa shape index (κ2) is 15.2. The summed E-state index contributed by atoms with van der Waals surface area (Å²) in [7, 11) is 0. The first-order chi connectivity index (χ1) is 15.4. The molecule has 0 aromatic rings. The fourth-order valence-corrected chi connectivity index (χ4v) is 5.45. The molecular formula is C30H45N. The van der Waals surface area contributed by atoms with Gasteiger partial charge >= 0.3 is 0 Å². The quantitative estimate of drug-likeness (QED) is 0.452. The van der Waals surface area contributed by atoms with Crippen molar-refractivity contribution in [3.05, 3.63) is 72.4 Å². The topological polar surface area (TPSA) is 12.0 Å². The Labute approximate surface area is 192 Å². The maximum atomic E-state index is 4.23. The first-order valence-corrected chi connectivity index (χ1v) is 13.2. The van der Waals surface area contributed by atoms with Crippen LogP contribution in [0.15, 0.2) is 72.4 Å². The highest BCUT2D eigenvalue weighted by molar-refractivity contribution is 5.32. The Hall–Kier alpha value is -1.60. The summed E-state index contributed by atoms with van der Waals surface area (Å²) in [5.41, 5.74) is 1.50. The van der Waals surface area contributed by atoms with Crippen molar-refractivity contribution in [1.29, 1.82) is 0 Å². The van der Waals surface area contributed by atoms with Gasteiger partial charge in [0.05, 0.1) is 0 Å². The third-order valence-corrected chi connectivity index (χ3v) is 7.22. The van der Waals surface area contributed by atoms with Crippen molar-refractivity contribution in [3.63, 3.8) is 0 Å². The Kier molecular flexibility index (Phi) is 11.8. The van der Waals surface area contributed by atoms with Gasteiger partial charge in [0, 0.05) is 12.1 Å². The lowest BCUT2D eigenvalue weighted by molar-refractivity contribution is 0.308. The van der Waals surface area contributed by atoms with Crippen molar-refractivity contribution in [2.45, 2.75) is 108 Å². The highest BCUT2D eigenvalue weighted by Gasteiger charge is 2.27. The summed E-state index contributed by atoms with van der Waals surface area (Å²) in [5.74, 6) is 0.623. The summed E-state index contributed by atoms with van der Waals surface area (Å²) in [6.45, 7) is 0. The van der Waals surface area contributed by atoms with E-state index in [0.717, 1.165) is 0 Å². The van der Waals surface area contributed by atoms with Gasteiger partial charge in [-0.3, -0.25) is 0 Å². The average Bonchev–Trinajstić information content (AvgIpc) is 3.03. The van der Waals surface area contributed by atoms with Crippen molar-refractivity contribution < 1.29 is 0 Å². The minimum atomic E-state index is 0.620. The van der Waals surface area contributed by atoms with Gasteiger partial charge in [0.1, 0.15) is 0 Å². The molecule has 2 saturated carbocycles. The lowest BCUT2D eigenvalue weighted by atomic mass is 9.85.